The van der Waals surface area contributed by atoms with Gasteiger partial charge in [0, 0.05) is 22.5 Å². The average molecular weight is 537 g/mol. The molecule has 0 aliphatic heterocycles. The highest BCUT2D eigenvalue weighted by atomic mass is 79.9. The van der Waals surface area contributed by atoms with Crippen molar-refractivity contribution in [1.82, 2.24) is 5.32 Å². The molecule has 1 atom stereocenters. The Kier molecular flexibility index (Phi) is 7.51. The molecule has 3 aromatic carbocycles. The van der Waals surface area contributed by atoms with E-state index in [9.17, 15) is 14.4 Å². The van der Waals surface area contributed by atoms with Crippen molar-refractivity contribution in [2.24, 2.45) is 5.92 Å². The van der Waals surface area contributed by atoms with Gasteiger partial charge in [-0.15, -0.1) is 0 Å². The summed E-state index contributed by atoms with van der Waals surface area (Å²) in [6.07, 6.45) is -0.303. The Morgan fingerprint density at radius 1 is 1.00 bits per heavy atom. The number of nitrogens with one attached hydrogen (secondary N) is 2. The molecule has 0 bridgehead atoms. The van der Waals surface area contributed by atoms with Crippen molar-refractivity contribution in [3.8, 4) is 11.1 Å². The molecular formula is C27H25BrN2O5. The first kappa shape index (κ1) is 24.5. The summed E-state index contributed by atoms with van der Waals surface area (Å²) in [4.78, 5) is 36.0. The molecule has 0 radical (unpaired) electrons. The second-order valence-electron chi connectivity index (χ2n) is 8.43. The lowest BCUT2D eigenvalue weighted by Crippen LogP contribution is -2.27. The van der Waals surface area contributed by atoms with Crippen molar-refractivity contribution in [3.05, 3.63) is 87.9 Å². The van der Waals surface area contributed by atoms with Crippen LogP contribution < -0.4 is 10.6 Å². The number of halogens is 1. The molecule has 180 valence electrons. The van der Waals surface area contributed by atoms with E-state index in [4.69, 9.17) is 9.84 Å². The fourth-order valence-electron chi connectivity index (χ4n) is 4.13. The van der Waals surface area contributed by atoms with E-state index < -0.39 is 18.0 Å². The van der Waals surface area contributed by atoms with Gasteiger partial charge in [0.15, 0.2) is 0 Å². The molecule has 1 aliphatic carbocycles. The third kappa shape index (κ3) is 5.54. The minimum Gasteiger partial charge on any atom is -0.481 e. The van der Waals surface area contributed by atoms with Gasteiger partial charge in [-0.1, -0.05) is 55.5 Å². The Labute approximate surface area is 211 Å². The number of carboxylic acids is 1. The van der Waals surface area contributed by atoms with E-state index in [0.717, 1.165) is 22.3 Å². The number of carbonyl (C=O) groups excluding carboxylic acids is 2. The van der Waals surface area contributed by atoms with Gasteiger partial charge < -0.3 is 15.2 Å². The molecule has 7 nitrogen and oxygen atoms in total. The van der Waals surface area contributed by atoms with Crippen LogP contribution in [0.25, 0.3) is 11.1 Å². The molecule has 3 N–H and O–H groups in total. The predicted molar refractivity (Wildman–Crippen MR) is 137 cm³/mol. The van der Waals surface area contributed by atoms with Gasteiger partial charge in [0.05, 0.1) is 11.6 Å². The van der Waals surface area contributed by atoms with Gasteiger partial charge in [0.2, 0.25) is 0 Å². The Morgan fingerprint density at radius 2 is 1.63 bits per heavy atom. The molecule has 1 aliphatic rings. The van der Waals surface area contributed by atoms with Crippen LogP contribution in [0.2, 0.25) is 0 Å². The Hall–Kier alpha value is -3.65. The largest absolute Gasteiger partial charge is 0.481 e. The monoisotopic (exact) mass is 536 g/mol. The minimum absolute atomic E-state index is 0.0538. The summed E-state index contributed by atoms with van der Waals surface area (Å²) < 4.78 is 6.18. The minimum atomic E-state index is -0.905. The summed E-state index contributed by atoms with van der Waals surface area (Å²) >= 11 is 3.39. The number of fused-ring (bicyclic) bond motifs is 3. The maximum Gasteiger partial charge on any atom is 0.411 e. The van der Waals surface area contributed by atoms with Crippen LogP contribution in [-0.2, 0) is 9.53 Å². The number of carboxylic acid groups (broad SMARTS) is 1. The van der Waals surface area contributed by atoms with Crippen LogP contribution in [0.1, 0.15) is 40.7 Å². The van der Waals surface area contributed by atoms with E-state index in [1.165, 1.54) is 0 Å². The lowest BCUT2D eigenvalue weighted by molar-refractivity contribution is -0.141. The number of hydrogen-bond donors (Lipinski definition) is 3. The van der Waals surface area contributed by atoms with E-state index in [-0.39, 0.29) is 25.0 Å². The smallest absolute Gasteiger partial charge is 0.411 e. The van der Waals surface area contributed by atoms with Crippen LogP contribution in [-0.4, -0.2) is 36.2 Å². The molecule has 0 aromatic heterocycles. The van der Waals surface area contributed by atoms with Crippen LogP contribution in [0.4, 0.5) is 10.5 Å². The van der Waals surface area contributed by atoms with E-state index in [1.807, 2.05) is 24.3 Å². The average Bonchev–Trinajstić information content (AvgIpc) is 3.17. The molecule has 0 saturated carbocycles. The first-order valence-corrected chi connectivity index (χ1v) is 12.1. The Balaban J connectivity index is 1.38. The SMILES string of the molecule is CC(CCNC(=O)c1ccc(Br)c(NC(=O)OCC2c3ccccc3-c3ccccc32)c1)C(=O)O. The quantitative estimate of drug-likeness (QED) is 0.345. The summed E-state index contributed by atoms with van der Waals surface area (Å²) in [5, 5.41) is 14.4. The van der Waals surface area contributed by atoms with Gasteiger partial charge in [0.1, 0.15) is 6.61 Å². The zero-order chi connectivity index (χ0) is 24.9. The standard InChI is InChI=1S/C27H25BrN2O5/c1-16(26(32)33)12-13-29-25(31)17-10-11-23(28)24(14-17)30-27(34)35-15-22-20-8-4-2-6-18(20)19-7-3-5-9-21(19)22/h2-11,14,16,22H,12-13,15H2,1H3,(H,29,31)(H,30,34)(H,32,33). The van der Waals surface area contributed by atoms with Crippen molar-refractivity contribution in [3.63, 3.8) is 0 Å². The number of amides is 2. The number of rotatable bonds is 8. The van der Waals surface area contributed by atoms with Crippen LogP contribution in [0.5, 0.6) is 0 Å². The van der Waals surface area contributed by atoms with E-state index in [1.54, 1.807) is 25.1 Å². The number of anilines is 1. The fraction of sp³-hybridized carbons (Fsp3) is 0.222. The summed E-state index contributed by atoms with van der Waals surface area (Å²) in [5.74, 6) is -1.86. The van der Waals surface area contributed by atoms with Crippen LogP contribution in [0, 0.1) is 5.92 Å². The van der Waals surface area contributed by atoms with Crippen LogP contribution in [0.15, 0.2) is 71.2 Å². The normalized spacial score (nSPS) is 12.9. The first-order chi connectivity index (χ1) is 16.8. The second-order valence-corrected chi connectivity index (χ2v) is 9.28. The maximum atomic E-state index is 12.6. The van der Waals surface area contributed by atoms with Crippen molar-refractivity contribution < 1.29 is 24.2 Å². The molecule has 8 heteroatoms. The van der Waals surface area contributed by atoms with Crippen molar-refractivity contribution in [1.29, 1.82) is 0 Å². The van der Waals surface area contributed by atoms with E-state index in [2.05, 4.69) is 50.8 Å². The fourth-order valence-corrected chi connectivity index (χ4v) is 4.48. The molecular weight excluding hydrogens is 512 g/mol. The van der Waals surface area contributed by atoms with Gasteiger partial charge in [-0.2, -0.15) is 0 Å². The molecule has 4 rings (SSSR count). The molecule has 0 spiro atoms. The third-order valence-corrected chi connectivity index (χ3v) is 6.78. The van der Waals surface area contributed by atoms with Gasteiger partial charge in [0.25, 0.3) is 5.91 Å². The first-order valence-electron chi connectivity index (χ1n) is 11.3. The zero-order valence-electron chi connectivity index (χ0n) is 19.1. The molecule has 0 fully saturated rings. The van der Waals surface area contributed by atoms with Crippen molar-refractivity contribution in [2.75, 3.05) is 18.5 Å². The van der Waals surface area contributed by atoms with Crippen molar-refractivity contribution >= 4 is 39.6 Å². The second kappa shape index (κ2) is 10.7. The van der Waals surface area contributed by atoms with Crippen molar-refractivity contribution in [2.45, 2.75) is 19.3 Å². The summed E-state index contributed by atoms with van der Waals surface area (Å²) in [7, 11) is 0. The van der Waals surface area contributed by atoms with Gasteiger partial charge in [-0.05, 0) is 62.8 Å². The predicted octanol–water partition coefficient (Wildman–Crippen LogP) is 5.65. The van der Waals surface area contributed by atoms with Gasteiger partial charge in [-0.25, -0.2) is 4.79 Å². The summed E-state index contributed by atoms with van der Waals surface area (Å²) in [6, 6.07) is 21.0. The highest BCUT2D eigenvalue weighted by Crippen LogP contribution is 2.44. The molecule has 35 heavy (non-hydrogen) atoms. The maximum absolute atomic E-state index is 12.6. The number of ether oxygens (including phenoxy) is 1. The number of carbonyl (C=O) groups is 3. The number of aliphatic carboxylic acids is 1. The molecule has 3 aromatic rings. The molecule has 1 unspecified atom stereocenters. The number of hydrogen-bond acceptors (Lipinski definition) is 4. The number of benzene rings is 3. The zero-order valence-corrected chi connectivity index (χ0v) is 20.7. The summed E-state index contributed by atoms with van der Waals surface area (Å²) in [6.45, 7) is 2.00. The molecule has 0 heterocycles. The van der Waals surface area contributed by atoms with Crippen LogP contribution >= 0.6 is 15.9 Å². The van der Waals surface area contributed by atoms with Gasteiger partial charge in [-0.3, -0.25) is 14.9 Å². The van der Waals surface area contributed by atoms with Crippen LogP contribution in [0.3, 0.4) is 0 Å². The van der Waals surface area contributed by atoms with E-state index in [0.29, 0.717) is 22.1 Å². The summed E-state index contributed by atoms with van der Waals surface area (Å²) in [5.41, 5.74) is 5.28. The lowest BCUT2D eigenvalue weighted by atomic mass is 9.98. The molecule has 2 amide bonds. The Morgan fingerprint density at radius 3 is 2.26 bits per heavy atom. The van der Waals surface area contributed by atoms with E-state index >= 15 is 0 Å². The highest BCUT2D eigenvalue weighted by Gasteiger charge is 2.29. The lowest BCUT2D eigenvalue weighted by Gasteiger charge is -2.15. The topological polar surface area (TPSA) is 105 Å². The Bertz CT molecular complexity index is 1230. The highest BCUT2D eigenvalue weighted by molar-refractivity contribution is 9.10. The third-order valence-electron chi connectivity index (χ3n) is 6.09. The van der Waals surface area contributed by atoms with Gasteiger partial charge >= 0.3 is 12.1 Å². The molecule has 0 saturated heterocycles.